The van der Waals surface area contributed by atoms with Crippen molar-refractivity contribution in [3.8, 4) is 5.75 Å². The second-order valence-electron chi connectivity index (χ2n) is 6.37. The number of hydrogen-bond acceptors (Lipinski definition) is 3. The molecule has 3 nitrogen and oxygen atoms in total. The van der Waals surface area contributed by atoms with Gasteiger partial charge in [-0.05, 0) is 42.0 Å². The van der Waals surface area contributed by atoms with Crippen molar-refractivity contribution in [3.63, 3.8) is 0 Å². The van der Waals surface area contributed by atoms with Crippen LogP contribution in [-0.4, -0.2) is 11.7 Å². The Bertz CT molecular complexity index is 618. The number of nitrogen functional groups attached to an aromatic ring is 1. The predicted octanol–water partition coefficient (Wildman–Crippen LogP) is 4.43. The van der Waals surface area contributed by atoms with Gasteiger partial charge in [-0.3, -0.25) is 0 Å². The molecule has 0 spiro atoms. The summed E-state index contributed by atoms with van der Waals surface area (Å²) < 4.78 is 5.62. The Morgan fingerprint density at radius 3 is 2.39 bits per heavy atom. The summed E-state index contributed by atoms with van der Waals surface area (Å²) in [4.78, 5) is 0. The fourth-order valence-electron chi connectivity index (χ4n) is 3.30. The molecule has 0 aromatic heterocycles. The molecule has 0 heterocycles. The van der Waals surface area contributed by atoms with E-state index in [1.807, 2.05) is 30.3 Å². The first-order valence-electron chi connectivity index (χ1n) is 8.49. The van der Waals surface area contributed by atoms with Gasteiger partial charge in [0.25, 0.3) is 0 Å². The molecule has 2 aromatic carbocycles. The largest absolute Gasteiger partial charge is 0.488 e. The van der Waals surface area contributed by atoms with Crippen molar-refractivity contribution in [3.05, 3.63) is 59.7 Å². The molecule has 1 fully saturated rings. The zero-order valence-corrected chi connectivity index (χ0v) is 13.4. The lowest BCUT2D eigenvalue weighted by Crippen LogP contribution is -2.11. The number of aliphatic hydroxyl groups excluding tert-OH is 1. The van der Waals surface area contributed by atoms with E-state index in [4.69, 9.17) is 10.5 Å². The second-order valence-corrected chi connectivity index (χ2v) is 6.37. The maximum atomic E-state index is 10.3. The topological polar surface area (TPSA) is 55.5 Å². The Balaban J connectivity index is 1.59. The molecule has 2 aromatic rings. The molecular weight excluding hydrogens is 286 g/mol. The second kappa shape index (κ2) is 7.51. The lowest BCUT2D eigenvalue weighted by atomic mass is 9.84. The zero-order chi connectivity index (χ0) is 16.1. The molecule has 1 unspecified atom stereocenters. The average Bonchev–Trinajstić information content (AvgIpc) is 2.62. The molecule has 0 aliphatic heterocycles. The third kappa shape index (κ3) is 4.05. The Hall–Kier alpha value is -2.00. The van der Waals surface area contributed by atoms with E-state index in [0.29, 0.717) is 17.4 Å². The van der Waals surface area contributed by atoms with Crippen molar-refractivity contribution < 1.29 is 9.84 Å². The molecule has 3 heteroatoms. The van der Waals surface area contributed by atoms with Crippen LogP contribution in [0.5, 0.6) is 5.75 Å². The fourth-order valence-corrected chi connectivity index (χ4v) is 3.30. The van der Waals surface area contributed by atoms with Gasteiger partial charge < -0.3 is 15.6 Å². The van der Waals surface area contributed by atoms with Crippen LogP contribution < -0.4 is 10.5 Å². The van der Waals surface area contributed by atoms with E-state index in [1.54, 1.807) is 6.07 Å². The van der Waals surface area contributed by atoms with Gasteiger partial charge in [-0.2, -0.15) is 0 Å². The maximum absolute atomic E-state index is 10.3. The van der Waals surface area contributed by atoms with Crippen molar-refractivity contribution in [2.75, 3.05) is 12.3 Å². The minimum Gasteiger partial charge on any atom is -0.488 e. The van der Waals surface area contributed by atoms with Gasteiger partial charge in [0.1, 0.15) is 18.5 Å². The van der Waals surface area contributed by atoms with Crippen LogP contribution in [0.3, 0.4) is 0 Å². The number of anilines is 1. The fraction of sp³-hybridized carbons (Fsp3) is 0.400. The number of rotatable bonds is 5. The smallest absolute Gasteiger partial charge is 0.142 e. The number of ether oxygens (including phenoxy) is 1. The van der Waals surface area contributed by atoms with E-state index in [2.05, 4.69) is 12.1 Å². The van der Waals surface area contributed by atoms with Gasteiger partial charge in [-0.1, -0.05) is 55.7 Å². The van der Waals surface area contributed by atoms with Crippen molar-refractivity contribution >= 4 is 5.69 Å². The third-order valence-electron chi connectivity index (χ3n) is 4.71. The lowest BCUT2D eigenvalue weighted by molar-refractivity contribution is 0.108. The summed E-state index contributed by atoms with van der Waals surface area (Å²) in [5.41, 5.74) is 8.72. The van der Waals surface area contributed by atoms with E-state index in [-0.39, 0.29) is 6.61 Å². The highest BCUT2D eigenvalue weighted by molar-refractivity contribution is 5.51. The predicted molar refractivity (Wildman–Crippen MR) is 93.6 cm³/mol. The van der Waals surface area contributed by atoms with E-state index < -0.39 is 6.10 Å². The molecule has 3 rings (SSSR count). The van der Waals surface area contributed by atoms with Crippen molar-refractivity contribution in [1.29, 1.82) is 0 Å². The molecule has 0 radical (unpaired) electrons. The summed E-state index contributed by atoms with van der Waals surface area (Å²) >= 11 is 0. The van der Waals surface area contributed by atoms with E-state index in [1.165, 1.54) is 37.7 Å². The molecule has 1 saturated carbocycles. The maximum Gasteiger partial charge on any atom is 0.142 e. The monoisotopic (exact) mass is 311 g/mol. The van der Waals surface area contributed by atoms with E-state index >= 15 is 0 Å². The van der Waals surface area contributed by atoms with Gasteiger partial charge in [-0.15, -0.1) is 0 Å². The third-order valence-corrected chi connectivity index (χ3v) is 4.71. The van der Waals surface area contributed by atoms with E-state index in [0.717, 1.165) is 5.56 Å². The standard InChI is InChI=1S/C20H25NO2/c21-18-8-4-5-9-20(18)23-14-19(22)17-12-10-16(11-13-17)15-6-2-1-3-7-15/h4-5,8-13,15,19,22H,1-3,6-7,14,21H2. The van der Waals surface area contributed by atoms with E-state index in [9.17, 15) is 5.11 Å². The Labute approximate surface area is 138 Å². The van der Waals surface area contributed by atoms with Gasteiger partial charge >= 0.3 is 0 Å². The Morgan fingerprint density at radius 1 is 1.00 bits per heavy atom. The first-order valence-corrected chi connectivity index (χ1v) is 8.49. The molecule has 1 atom stereocenters. The first-order chi connectivity index (χ1) is 11.2. The van der Waals surface area contributed by atoms with Crippen LogP contribution in [0.15, 0.2) is 48.5 Å². The number of para-hydroxylation sites is 2. The number of benzene rings is 2. The highest BCUT2D eigenvalue weighted by Crippen LogP contribution is 2.33. The highest BCUT2D eigenvalue weighted by Gasteiger charge is 2.16. The molecule has 3 N–H and O–H groups in total. The Kier molecular flexibility index (Phi) is 5.19. The molecule has 1 aliphatic rings. The van der Waals surface area contributed by atoms with Crippen LogP contribution in [0.1, 0.15) is 55.3 Å². The number of nitrogens with two attached hydrogens (primary N) is 1. The summed E-state index contributed by atoms with van der Waals surface area (Å²) in [5.74, 6) is 1.31. The van der Waals surface area contributed by atoms with Crippen LogP contribution in [0.2, 0.25) is 0 Å². The minimum absolute atomic E-state index is 0.205. The van der Waals surface area contributed by atoms with Crippen LogP contribution in [-0.2, 0) is 0 Å². The molecule has 122 valence electrons. The van der Waals surface area contributed by atoms with Gasteiger partial charge in [0, 0.05) is 0 Å². The minimum atomic E-state index is -0.644. The molecule has 23 heavy (non-hydrogen) atoms. The molecule has 0 amide bonds. The van der Waals surface area contributed by atoms with Crippen molar-refractivity contribution in [1.82, 2.24) is 0 Å². The zero-order valence-electron chi connectivity index (χ0n) is 13.4. The normalized spacial score (nSPS) is 16.9. The van der Waals surface area contributed by atoms with Gasteiger partial charge in [0.15, 0.2) is 0 Å². The van der Waals surface area contributed by atoms with Crippen LogP contribution in [0.25, 0.3) is 0 Å². The quantitative estimate of drug-likeness (QED) is 0.803. The first kappa shape index (κ1) is 15.9. The molecule has 0 saturated heterocycles. The van der Waals surface area contributed by atoms with Crippen LogP contribution in [0, 0.1) is 0 Å². The van der Waals surface area contributed by atoms with Crippen LogP contribution >= 0.6 is 0 Å². The van der Waals surface area contributed by atoms with Gasteiger partial charge in [0.2, 0.25) is 0 Å². The summed E-state index contributed by atoms with van der Waals surface area (Å²) in [6.07, 6.45) is 5.97. The average molecular weight is 311 g/mol. The molecule has 1 aliphatic carbocycles. The summed E-state index contributed by atoms with van der Waals surface area (Å²) in [6, 6.07) is 15.7. The van der Waals surface area contributed by atoms with Crippen molar-refractivity contribution in [2.24, 2.45) is 0 Å². The molecular formula is C20H25NO2. The molecule has 0 bridgehead atoms. The summed E-state index contributed by atoms with van der Waals surface area (Å²) in [5, 5.41) is 10.3. The summed E-state index contributed by atoms with van der Waals surface area (Å²) in [6.45, 7) is 0.205. The number of aliphatic hydroxyl groups is 1. The van der Waals surface area contributed by atoms with Crippen molar-refractivity contribution in [2.45, 2.75) is 44.1 Å². The Morgan fingerprint density at radius 2 is 1.70 bits per heavy atom. The van der Waals surface area contributed by atoms with Gasteiger partial charge in [0.05, 0.1) is 5.69 Å². The highest BCUT2D eigenvalue weighted by atomic mass is 16.5. The van der Waals surface area contributed by atoms with Crippen LogP contribution in [0.4, 0.5) is 5.69 Å². The summed E-state index contributed by atoms with van der Waals surface area (Å²) in [7, 11) is 0. The number of hydrogen-bond donors (Lipinski definition) is 2. The van der Waals surface area contributed by atoms with Gasteiger partial charge in [-0.25, -0.2) is 0 Å². The lowest BCUT2D eigenvalue weighted by Gasteiger charge is -2.22. The SMILES string of the molecule is Nc1ccccc1OCC(O)c1ccc(C2CCCCC2)cc1.